The lowest BCUT2D eigenvalue weighted by molar-refractivity contribution is -0.133. The average Bonchev–Trinajstić information content (AvgIpc) is 2.96. The van der Waals surface area contributed by atoms with Crippen molar-refractivity contribution in [3.8, 4) is 0 Å². The predicted molar refractivity (Wildman–Crippen MR) is 167 cm³/mol. The molecule has 8 nitrogen and oxygen atoms in total. The molecule has 0 fully saturated rings. The molecule has 5 rings (SSSR count). The van der Waals surface area contributed by atoms with Crippen molar-refractivity contribution < 1.29 is 18.0 Å². The Bertz CT molecular complexity index is 1770. The fourth-order valence-corrected chi connectivity index (χ4v) is 6.90. The van der Waals surface area contributed by atoms with E-state index in [1.807, 2.05) is 69.4 Å². The number of carbonyl (C=O) groups excluding carboxylic acids is 2. The molecule has 0 aliphatic heterocycles. The number of aryl methyl sites for hydroxylation is 2. The van der Waals surface area contributed by atoms with E-state index >= 15 is 0 Å². The molecule has 1 aliphatic carbocycles. The van der Waals surface area contributed by atoms with Crippen LogP contribution in [0.25, 0.3) is 10.8 Å². The number of amides is 2. The molecule has 4 aromatic rings. The second-order valence-corrected chi connectivity index (χ2v) is 12.7. The Morgan fingerprint density at radius 3 is 2.36 bits per heavy atom. The molecular weight excluding hydrogens is 548 g/mol. The normalized spacial score (nSPS) is 14.8. The lowest BCUT2D eigenvalue weighted by Crippen LogP contribution is -2.38. The first kappa shape index (κ1) is 29.3. The summed E-state index contributed by atoms with van der Waals surface area (Å²) in [5.74, 6) is -0.241. The molecule has 1 atom stereocenters. The maximum Gasteiger partial charge on any atom is 0.262 e. The zero-order valence-corrected chi connectivity index (χ0v) is 25.2. The molecule has 1 aliphatic rings. The fraction of sp³-hybridized carbons (Fsp3) is 0.273. The monoisotopic (exact) mass is 584 g/mol. The molecule has 0 heterocycles. The topological polar surface area (TPSA) is 98.8 Å². The molecule has 2 amide bonds. The summed E-state index contributed by atoms with van der Waals surface area (Å²) in [6.07, 6.45) is 2.66. The molecule has 0 radical (unpaired) electrons. The molecule has 0 saturated heterocycles. The average molecular weight is 585 g/mol. The number of fused-ring (bicyclic) bond motifs is 2. The fourth-order valence-electron chi connectivity index (χ4n) is 5.64. The van der Waals surface area contributed by atoms with Gasteiger partial charge in [0.15, 0.2) is 0 Å². The van der Waals surface area contributed by atoms with Crippen LogP contribution >= 0.6 is 0 Å². The van der Waals surface area contributed by atoms with Crippen LogP contribution in [-0.2, 0) is 21.2 Å². The number of sulfonamides is 1. The number of likely N-dealkylation sites (N-methyl/N-ethyl adjacent to an activating group) is 2. The first-order valence-electron chi connectivity index (χ1n) is 14.0. The van der Waals surface area contributed by atoms with E-state index in [-0.39, 0.29) is 22.8 Å². The predicted octanol–water partition coefficient (Wildman–Crippen LogP) is 5.60. The summed E-state index contributed by atoms with van der Waals surface area (Å²) >= 11 is 0. The molecule has 2 N–H and O–H groups in total. The van der Waals surface area contributed by atoms with Crippen LogP contribution in [0, 0.1) is 6.92 Å². The minimum absolute atomic E-state index is 0.0184. The van der Waals surface area contributed by atoms with Gasteiger partial charge in [0.05, 0.1) is 17.5 Å². The Balaban J connectivity index is 1.44. The van der Waals surface area contributed by atoms with Crippen molar-refractivity contribution in [2.24, 2.45) is 0 Å². The highest BCUT2D eigenvalue weighted by molar-refractivity contribution is 7.93. The van der Waals surface area contributed by atoms with Gasteiger partial charge in [-0.15, -0.1) is 0 Å². The Labute approximate surface area is 247 Å². The summed E-state index contributed by atoms with van der Waals surface area (Å²) in [5, 5.41) is 4.07. The Morgan fingerprint density at radius 2 is 1.62 bits per heavy atom. The van der Waals surface area contributed by atoms with Crippen molar-refractivity contribution in [1.29, 1.82) is 0 Å². The molecule has 1 unspecified atom stereocenters. The summed E-state index contributed by atoms with van der Waals surface area (Å²) in [6, 6.07) is 23.0. The number of benzene rings is 4. The van der Waals surface area contributed by atoms with Gasteiger partial charge in [-0.1, -0.05) is 48.5 Å². The summed E-state index contributed by atoms with van der Waals surface area (Å²) in [6.45, 7) is 2.18. The molecule has 0 aromatic heterocycles. The second-order valence-electron chi connectivity index (χ2n) is 11.1. The van der Waals surface area contributed by atoms with Crippen LogP contribution in [0.2, 0.25) is 0 Å². The van der Waals surface area contributed by atoms with E-state index in [9.17, 15) is 18.0 Å². The lowest BCUT2D eigenvalue weighted by atomic mass is 9.86. The SMILES string of the molecule is Cc1ccccc1C(=O)Nc1ccc(S(=O)(=O)Nc2ccc3c(c2)C(N(C)C(=O)CN(C)C)CCC3)c2ccccc12. The molecule has 218 valence electrons. The Morgan fingerprint density at radius 1 is 0.905 bits per heavy atom. The van der Waals surface area contributed by atoms with Gasteiger partial charge in [-0.2, -0.15) is 0 Å². The van der Waals surface area contributed by atoms with Crippen LogP contribution in [0.3, 0.4) is 0 Å². The summed E-state index contributed by atoms with van der Waals surface area (Å²) in [7, 11) is 1.55. The van der Waals surface area contributed by atoms with Gasteiger partial charge in [0.1, 0.15) is 0 Å². The van der Waals surface area contributed by atoms with Gasteiger partial charge >= 0.3 is 0 Å². The molecule has 0 spiro atoms. The molecule has 0 bridgehead atoms. The summed E-state index contributed by atoms with van der Waals surface area (Å²) < 4.78 is 30.3. The molecule has 0 saturated carbocycles. The van der Waals surface area contributed by atoms with Crippen LogP contribution in [0.1, 0.15) is 45.9 Å². The number of rotatable bonds is 8. The first-order chi connectivity index (χ1) is 20.0. The maximum absolute atomic E-state index is 13.8. The molecule has 42 heavy (non-hydrogen) atoms. The van der Waals surface area contributed by atoms with Gasteiger partial charge in [-0.3, -0.25) is 14.3 Å². The van der Waals surface area contributed by atoms with Gasteiger partial charge in [0.25, 0.3) is 15.9 Å². The summed E-state index contributed by atoms with van der Waals surface area (Å²) in [5.41, 5.74) is 4.46. The van der Waals surface area contributed by atoms with E-state index < -0.39 is 10.0 Å². The minimum atomic E-state index is -3.99. The lowest BCUT2D eigenvalue weighted by Gasteiger charge is -2.34. The number of carbonyl (C=O) groups is 2. The molecule has 4 aromatic carbocycles. The molecule has 9 heteroatoms. The largest absolute Gasteiger partial charge is 0.338 e. The van der Waals surface area contributed by atoms with Crippen molar-refractivity contribution in [3.63, 3.8) is 0 Å². The standard InChI is InChI=1S/C33H36N4O4S/c1-22-10-5-6-12-25(22)33(39)34-29-18-19-31(27-14-8-7-13-26(27)29)42(40,41)35-24-17-16-23-11-9-15-30(28(23)20-24)37(4)32(38)21-36(2)3/h5-8,10,12-14,16-20,30,35H,9,11,15,21H2,1-4H3,(H,34,39). The smallest absolute Gasteiger partial charge is 0.262 e. The van der Waals surface area contributed by atoms with Crippen molar-refractivity contribution in [2.45, 2.75) is 37.1 Å². The molecular formula is C33H36N4O4S. The van der Waals surface area contributed by atoms with Gasteiger partial charge in [0, 0.05) is 34.8 Å². The maximum atomic E-state index is 13.8. The van der Waals surface area contributed by atoms with Gasteiger partial charge < -0.3 is 15.1 Å². The van der Waals surface area contributed by atoms with E-state index in [2.05, 4.69) is 10.0 Å². The quantitative estimate of drug-likeness (QED) is 0.281. The zero-order chi connectivity index (χ0) is 30.0. The van der Waals surface area contributed by atoms with Gasteiger partial charge in [0.2, 0.25) is 5.91 Å². The van der Waals surface area contributed by atoms with Crippen molar-refractivity contribution in [3.05, 3.63) is 101 Å². The van der Waals surface area contributed by atoms with Crippen molar-refractivity contribution in [2.75, 3.05) is 37.7 Å². The van der Waals surface area contributed by atoms with Crippen LogP contribution in [0.5, 0.6) is 0 Å². The van der Waals surface area contributed by atoms with Crippen molar-refractivity contribution in [1.82, 2.24) is 9.80 Å². The summed E-state index contributed by atoms with van der Waals surface area (Å²) in [4.78, 5) is 29.6. The van der Waals surface area contributed by atoms with E-state index in [4.69, 9.17) is 0 Å². The van der Waals surface area contributed by atoms with E-state index in [0.717, 1.165) is 36.0 Å². The third-order valence-corrected chi connectivity index (χ3v) is 9.24. The number of nitrogens with zero attached hydrogens (tertiary/aromatic N) is 2. The van der Waals surface area contributed by atoms with Crippen molar-refractivity contribution >= 4 is 44.0 Å². The minimum Gasteiger partial charge on any atom is -0.338 e. The van der Waals surface area contributed by atoms with E-state index in [1.54, 1.807) is 41.3 Å². The van der Waals surface area contributed by atoms with E-state index in [0.29, 0.717) is 34.3 Å². The number of hydrogen-bond donors (Lipinski definition) is 2. The zero-order valence-electron chi connectivity index (χ0n) is 24.3. The van der Waals surface area contributed by atoms with Crippen LogP contribution in [0.4, 0.5) is 11.4 Å². The second kappa shape index (κ2) is 12.0. The number of hydrogen-bond acceptors (Lipinski definition) is 5. The highest BCUT2D eigenvalue weighted by Gasteiger charge is 2.28. The third-order valence-electron chi connectivity index (χ3n) is 7.80. The van der Waals surface area contributed by atoms with Crippen LogP contribution in [-0.4, -0.2) is 57.7 Å². The Hall–Kier alpha value is -4.21. The van der Waals surface area contributed by atoms with Gasteiger partial charge in [-0.05, 0) is 87.3 Å². The van der Waals surface area contributed by atoms with E-state index in [1.165, 1.54) is 6.07 Å². The highest BCUT2D eigenvalue weighted by atomic mass is 32.2. The van der Waals surface area contributed by atoms with Crippen LogP contribution < -0.4 is 10.0 Å². The Kier molecular flexibility index (Phi) is 8.34. The number of anilines is 2. The first-order valence-corrected chi connectivity index (χ1v) is 15.5. The van der Waals surface area contributed by atoms with Gasteiger partial charge in [-0.25, -0.2) is 8.42 Å². The van der Waals surface area contributed by atoms with Crippen LogP contribution in [0.15, 0.2) is 83.8 Å². The third kappa shape index (κ3) is 6.03. The highest BCUT2D eigenvalue weighted by Crippen LogP contribution is 2.37. The number of nitrogens with one attached hydrogen (secondary N) is 2.